The van der Waals surface area contributed by atoms with Crippen molar-refractivity contribution < 1.29 is 0 Å². The van der Waals surface area contributed by atoms with Crippen molar-refractivity contribution in [1.82, 2.24) is 9.13 Å². The molecule has 0 bridgehead atoms. The number of fused-ring (bicyclic) bond motifs is 6. The fourth-order valence-corrected chi connectivity index (χ4v) is 8.74. The van der Waals surface area contributed by atoms with Gasteiger partial charge in [-0.2, -0.15) is 0 Å². The molecule has 0 unspecified atom stereocenters. The van der Waals surface area contributed by atoms with Crippen molar-refractivity contribution in [2.24, 2.45) is 0 Å². The van der Waals surface area contributed by atoms with E-state index in [1.54, 1.807) is 0 Å². The quantitative estimate of drug-likeness (QED) is 0.159. The van der Waals surface area contributed by atoms with Gasteiger partial charge in [-0.25, -0.2) is 0 Å². The van der Waals surface area contributed by atoms with Gasteiger partial charge in [-0.3, -0.25) is 0 Å². The van der Waals surface area contributed by atoms with Crippen LogP contribution < -0.4 is 4.90 Å². The molecule has 0 aliphatic carbocycles. The largest absolute Gasteiger partial charge is 0.310 e. The van der Waals surface area contributed by atoms with Crippen molar-refractivity contribution >= 4 is 60.7 Å². The number of aromatic nitrogens is 2. The van der Waals surface area contributed by atoms with Crippen molar-refractivity contribution in [2.45, 2.75) is 0 Å². The molecule has 0 saturated carbocycles. The molecule has 2 heterocycles. The lowest BCUT2D eigenvalue weighted by Crippen LogP contribution is -2.10. The summed E-state index contributed by atoms with van der Waals surface area (Å²) in [5.74, 6) is 0. The molecule has 0 N–H and O–H groups in total. The summed E-state index contributed by atoms with van der Waals surface area (Å²) in [5.41, 5.74) is 15.2. The molecule has 0 aliphatic heterocycles. The van der Waals surface area contributed by atoms with E-state index in [1.165, 1.54) is 66.0 Å². The number of hydrogen-bond donors (Lipinski definition) is 0. The maximum Gasteiger partial charge on any atom is 0.0562 e. The third kappa shape index (κ3) is 5.51. The number of nitrogens with zero attached hydrogens (tertiary/aromatic N) is 3. The van der Waals surface area contributed by atoms with Crippen LogP contribution in [0.5, 0.6) is 0 Å². The molecule has 0 amide bonds. The second kappa shape index (κ2) is 13.6. The van der Waals surface area contributed by atoms with Crippen LogP contribution in [0, 0.1) is 0 Å². The highest BCUT2D eigenvalue weighted by molar-refractivity contribution is 6.16. The summed E-state index contributed by atoms with van der Waals surface area (Å²) in [6, 6.07) is 81.0. The van der Waals surface area contributed by atoms with Gasteiger partial charge in [0.25, 0.3) is 0 Å². The summed E-state index contributed by atoms with van der Waals surface area (Å²) < 4.78 is 4.78. The maximum atomic E-state index is 2.41. The molecule has 2 aromatic heterocycles. The van der Waals surface area contributed by atoms with Crippen LogP contribution in [0.15, 0.2) is 224 Å². The number of para-hydroxylation sites is 4. The number of benzene rings is 9. The Labute approximate surface area is 331 Å². The van der Waals surface area contributed by atoms with Gasteiger partial charge in [0.15, 0.2) is 0 Å². The second-order valence-corrected chi connectivity index (χ2v) is 14.6. The molecule has 0 spiro atoms. The van der Waals surface area contributed by atoms with Gasteiger partial charge in [-0.1, -0.05) is 140 Å². The smallest absolute Gasteiger partial charge is 0.0562 e. The SMILES string of the molecule is c1ccc(-c2cccc3c2c2ccc(N(c4ccccc4)c4ccc(-c5ccc6c(c5)c5ccccc5n6-c5ccccc5)cc4)cc2n3-c2ccccc2)cc1. The summed E-state index contributed by atoms with van der Waals surface area (Å²) in [5, 5.41) is 4.99. The Morgan fingerprint density at radius 1 is 0.281 bits per heavy atom. The van der Waals surface area contributed by atoms with Crippen molar-refractivity contribution in [3.05, 3.63) is 224 Å². The van der Waals surface area contributed by atoms with Crippen LogP contribution >= 0.6 is 0 Å². The van der Waals surface area contributed by atoms with Crippen molar-refractivity contribution in [3.63, 3.8) is 0 Å². The maximum absolute atomic E-state index is 2.41. The summed E-state index contributed by atoms with van der Waals surface area (Å²) in [6.07, 6.45) is 0. The minimum atomic E-state index is 1.10. The first-order chi connectivity index (χ1) is 28.3. The molecule has 57 heavy (non-hydrogen) atoms. The Bertz CT molecular complexity index is 3200. The van der Waals surface area contributed by atoms with Crippen LogP contribution in [-0.4, -0.2) is 9.13 Å². The lowest BCUT2D eigenvalue weighted by Gasteiger charge is -2.26. The molecule has 3 nitrogen and oxygen atoms in total. The normalized spacial score (nSPS) is 11.5. The molecule has 11 rings (SSSR count). The van der Waals surface area contributed by atoms with Gasteiger partial charge < -0.3 is 14.0 Å². The number of anilines is 3. The van der Waals surface area contributed by atoms with E-state index in [0.717, 1.165) is 28.3 Å². The van der Waals surface area contributed by atoms with Gasteiger partial charge >= 0.3 is 0 Å². The van der Waals surface area contributed by atoms with Crippen molar-refractivity contribution in [2.75, 3.05) is 4.90 Å². The van der Waals surface area contributed by atoms with E-state index >= 15 is 0 Å². The predicted molar refractivity (Wildman–Crippen MR) is 241 cm³/mol. The average Bonchev–Trinajstić information content (AvgIpc) is 3.80. The molecule has 268 valence electrons. The molecule has 9 aromatic carbocycles. The van der Waals surface area contributed by atoms with E-state index in [9.17, 15) is 0 Å². The Hall–Kier alpha value is -7.62. The first kappa shape index (κ1) is 32.8. The average molecular weight is 728 g/mol. The lowest BCUT2D eigenvalue weighted by atomic mass is 9.99. The van der Waals surface area contributed by atoms with Gasteiger partial charge in [0, 0.05) is 50.0 Å². The molecule has 0 saturated heterocycles. The topological polar surface area (TPSA) is 13.1 Å². The summed E-state index contributed by atoms with van der Waals surface area (Å²) >= 11 is 0. The Morgan fingerprint density at radius 3 is 1.54 bits per heavy atom. The third-order valence-electron chi connectivity index (χ3n) is 11.3. The van der Waals surface area contributed by atoms with E-state index in [2.05, 4.69) is 238 Å². The molecular formula is C54H37N3. The van der Waals surface area contributed by atoms with E-state index in [4.69, 9.17) is 0 Å². The molecule has 0 aliphatic rings. The minimum Gasteiger partial charge on any atom is -0.310 e. The van der Waals surface area contributed by atoms with E-state index in [-0.39, 0.29) is 0 Å². The van der Waals surface area contributed by atoms with Crippen LogP contribution in [0.2, 0.25) is 0 Å². The first-order valence-electron chi connectivity index (χ1n) is 19.5. The highest BCUT2D eigenvalue weighted by Gasteiger charge is 2.20. The Morgan fingerprint density at radius 2 is 0.825 bits per heavy atom. The van der Waals surface area contributed by atoms with Crippen LogP contribution in [0.3, 0.4) is 0 Å². The van der Waals surface area contributed by atoms with Crippen LogP contribution in [-0.2, 0) is 0 Å². The summed E-state index contributed by atoms with van der Waals surface area (Å²) in [6.45, 7) is 0. The monoisotopic (exact) mass is 727 g/mol. The van der Waals surface area contributed by atoms with Gasteiger partial charge in [-0.05, 0) is 107 Å². The van der Waals surface area contributed by atoms with Gasteiger partial charge in [0.1, 0.15) is 0 Å². The third-order valence-corrected chi connectivity index (χ3v) is 11.3. The van der Waals surface area contributed by atoms with E-state index in [0.29, 0.717) is 0 Å². The zero-order valence-electron chi connectivity index (χ0n) is 31.2. The van der Waals surface area contributed by atoms with E-state index < -0.39 is 0 Å². The highest BCUT2D eigenvalue weighted by atomic mass is 15.1. The minimum absolute atomic E-state index is 1.10. The molecule has 0 fully saturated rings. The molecular weight excluding hydrogens is 691 g/mol. The first-order valence-corrected chi connectivity index (χ1v) is 19.5. The van der Waals surface area contributed by atoms with E-state index in [1.807, 2.05) is 0 Å². The fourth-order valence-electron chi connectivity index (χ4n) is 8.74. The standard InChI is InChI=1S/C54H37N3/c1-5-16-39(17-6-1)46-25-15-27-52-54(46)48-34-33-45(37-53(48)57(52)43-22-11-4-12-23-43)55(41-18-7-2-8-19-41)44-31-28-38(29-32-44)40-30-35-51-49(36-40)47-24-13-14-26-50(47)56(51)42-20-9-3-10-21-42/h1-37H. The number of hydrogen-bond acceptors (Lipinski definition) is 1. The summed E-state index contributed by atoms with van der Waals surface area (Å²) in [4.78, 5) is 2.37. The Kier molecular flexibility index (Phi) is 7.82. The zero-order chi connectivity index (χ0) is 37.7. The fraction of sp³-hybridized carbons (Fsp3) is 0. The van der Waals surface area contributed by atoms with Crippen LogP contribution in [0.25, 0.3) is 77.2 Å². The molecule has 0 radical (unpaired) electrons. The molecule has 3 heteroatoms. The zero-order valence-corrected chi connectivity index (χ0v) is 31.2. The van der Waals surface area contributed by atoms with Crippen molar-refractivity contribution in [3.8, 4) is 33.6 Å². The Balaban J connectivity index is 1.05. The van der Waals surface area contributed by atoms with Gasteiger partial charge in [0.2, 0.25) is 0 Å². The van der Waals surface area contributed by atoms with Crippen molar-refractivity contribution in [1.29, 1.82) is 0 Å². The second-order valence-electron chi connectivity index (χ2n) is 14.6. The summed E-state index contributed by atoms with van der Waals surface area (Å²) in [7, 11) is 0. The van der Waals surface area contributed by atoms with Crippen LogP contribution in [0.1, 0.15) is 0 Å². The lowest BCUT2D eigenvalue weighted by molar-refractivity contribution is 1.18. The number of rotatable bonds is 7. The highest BCUT2D eigenvalue weighted by Crippen LogP contribution is 2.43. The molecule has 11 aromatic rings. The predicted octanol–water partition coefficient (Wildman–Crippen LogP) is 14.7. The molecule has 0 atom stereocenters. The van der Waals surface area contributed by atoms with Gasteiger partial charge in [0.05, 0.1) is 22.1 Å². The van der Waals surface area contributed by atoms with Crippen LogP contribution in [0.4, 0.5) is 17.1 Å². The van der Waals surface area contributed by atoms with Gasteiger partial charge in [-0.15, -0.1) is 0 Å².